The highest BCUT2D eigenvalue weighted by Crippen LogP contribution is 2.30. The van der Waals surface area contributed by atoms with Gasteiger partial charge in [-0.05, 0) is 26.2 Å². The number of likely N-dealkylation sites (tertiary alicyclic amines) is 1. The average Bonchev–Trinajstić information content (AvgIpc) is 3.20. The van der Waals surface area contributed by atoms with Gasteiger partial charge in [-0.15, -0.1) is 0 Å². The summed E-state index contributed by atoms with van der Waals surface area (Å²) in [6.45, 7) is 3.35. The first-order valence-electron chi connectivity index (χ1n) is 7.62. The number of rotatable bonds is 4. The van der Waals surface area contributed by atoms with E-state index in [1.54, 1.807) is 17.2 Å². The Balaban J connectivity index is 1.62. The summed E-state index contributed by atoms with van der Waals surface area (Å²) >= 11 is 0. The van der Waals surface area contributed by atoms with E-state index in [-0.39, 0.29) is 18.1 Å². The molecule has 2 amide bonds. The zero-order chi connectivity index (χ0) is 15.4. The monoisotopic (exact) mass is 303 g/mol. The molecular weight excluding hydrogens is 282 g/mol. The fourth-order valence-corrected chi connectivity index (χ4v) is 2.91. The van der Waals surface area contributed by atoms with Gasteiger partial charge in [-0.25, -0.2) is 9.78 Å². The van der Waals surface area contributed by atoms with Crippen LogP contribution in [-0.2, 0) is 6.54 Å². The minimum Gasteiger partial charge on any atom is -0.334 e. The molecule has 2 atom stereocenters. The van der Waals surface area contributed by atoms with Gasteiger partial charge in [0.05, 0.1) is 18.8 Å². The number of carbonyl (C=O) groups is 1. The Morgan fingerprint density at radius 1 is 1.55 bits per heavy atom. The summed E-state index contributed by atoms with van der Waals surface area (Å²) in [7, 11) is 0. The maximum atomic E-state index is 12.6. The number of nitrogens with one attached hydrogen (secondary N) is 2. The zero-order valence-electron chi connectivity index (χ0n) is 12.6. The van der Waals surface area contributed by atoms with Crippen molar-refractivity contribution in [1.29, 1.82) is 0 Å². The molecule has 0 bridgehead atoms. The fraction of sp³-hybridized carbons (Fsp3) is 0.571. The van der Waals surface area contributed by atoms with Crippen LogP contribution in [0.15, 0.2) is 25.0 Å². The van der Waals surface area contributed by atoms with Crippen molar-refractivity contribution in [2.24, 2.45) is 0 Å². The first-order chi connectivity index (χ1) is 10.7. The number of H-pyrrole nitrogens is 1. The van der Waals surface area contributed by atoms with Crippen LogP contribution in [0.2, 0.25) is 0 Å². The number of hydrogen-bond donors (Lipinski definition) is 2. The Bertz CT molecular complexity index is 580. The van der Waals surface area contributed by atoms with Crippen molar-refractivity contribution in [2.75, 3.05) is 6.54 Å². The predicted molar refractivity (Wildman–Crippen MR) is 79.9 cm³/mol. The summed E-state index contributed by atoms with van der Waals surface area (Å²) in [5.41, 5.74) is 1.07. The van der Waals surface area contributed by atoms with Crippen LogP contribution in [-0.4, -0.2) is 48.5 Å². The molecule has 8 nitrogen and oxygen atoms in total. The Morgan fingerprint density at radius 2 is 2.45 bits per heavy atom. The molecule has 8 heteroatoms. The van der Waals surface area contributed by atoms with Crippen molar-refractivity contribution in [1.82, 2.24) is 35.2 Å². The molecule has 1 aliphatic rings. The second kappa shape index (κ2) is 6.59. The highest BCUT2D eigenvalue weighted by atomic mass is 16.2. The first kappa shape index (κ1) is 14.6. The third kappa shape index (κ3) is 3.26. The summed E-state index contributed by atoms with van der Waals surface area (Å²) in [5.74, 6) is 0. The van der Waals surface area contributed by atoms with Gasteiger partial charge in [-0.1, -0.05) is 0 Å². The van der Waals surface area contributed by atoms with E-state index in [2.05, 4.69) is 25.6 Å². The van der Waals surface area contributed by atoms with Crippen molar-refractivity contribution in [3.8, 4) is 0 Å². The Kier molecular flexibility index (Phi) is 4.36. The zero-order valence-corrected chi connectivity index (χ0v) is 12.6. The van der Waals surface area contributed by atoms with Crippen LogP contribution < -0.4 is 5.32 Å². The van der Waals surface area contributed by atoms with Gasteiger partial charge in [-0.2, -0.15) is 10.2 Å². The molecule has 0 aliphatic carbocycles. The normalized spacial score (nSPS) is 19.9. The van der Waals surface area contributed by atoms with Gasteiger partial charge in [0.15, 0.2) is 0 Å². The number of urea groups is 1. The lowest BCUT2D eigenvalue weighted by molar-refractivity contribution is 0.148. The van der Waals surface area contributed by atoms with Crippen LogP contribution in [0.1, 0.15) is 37.8 Å². The molecule has 0 radical (unpaired) electrons. The molecule has 0 aromatic carbocycles. The standard InChI is InChI=1S/C14H21N7O/c1-11(8-20-10-15-9-18-20)19-14(22)21-5-3-2-4-13(21)12-6-16-17-7-12/h6-7,9-11,13H,2-5,8H2,1H3,(H,16,17)(H,19,22)/t11-,13-/m1/s1. The van der Waals surface area contributed by atoms with Crippen molar-refractivity contribution in [3.05, 3.63) is 30.6 Å². The van der Waals surface area contributed by atoms with Crippen LogP contribution >= 0.6 is 0 Å². The van der Waals surface area contributed by atoms with E-state index < -0.39 is 0 Å². The lowest BCUT2D eigenvalue weighted by atomic mass is 9.98. The Morgan fingerprint density at radius 3 is 3.18 bits per heavy atom. The van der Waals surface area contributed by atoms with E-state index in [1.165, 1.54) is 6.33 Å². The fourth-order valence-electron chi connectivity index (χ4n) is 2.91. The van der Waals surface area contributed by atoms with E-state index in [0.717, 1.165) is 31.4 Å². The molecule has 1 fully saturated rings. The summed E-state index contributed by atoms with van der Waals surface area (Å²) in [4.78, 5) is 18.4. The van der Waals surface area contributed by atoms with Crippen LogP contribution in [0.25, 0.3) is 0 Å². The summed E-state index contributed by atoms with van der Waals surface area (Å²) in [5, 5.41) is 13.9. The molecule has 0 unspecified atom stereocenters. The van der Waals surface area contributed by atoms with Crippen LogP contribution in [0.5, 0.6) is 0 Å². The van der Waals surface area contributed by atoms with Crippen LogP contribution in [0, 0.1) is 0 Å². The summed E-state index contributed by atoms with van der Waals surface area (Å²) < 4.78 is 1.72. The van der Waals surface area contributed by atoms with E-state index in [9.17, 15) is 4.79 Å². The first-order valence-corrected chi connectivity index (χ1v) is 7.62. The molecule has 1 aliphatic heterocycles. The third-order valence-corrected chi connectivity index (χ3v) is 3.97. The molecule has 2 aromatic rings. The second-order valence-electron chi connectivity index (χ2n) is 5.70. The SMILES string of the molecule is C[C@H](Cn1cncn1)NC(=O)N1CCCC[C@@H]1c1cn[nH]c1. The quantitative estimate of drug-likeness (QED) is 0.891. The lowest BCUT2D eigenvalue weighted by Crippen LogP contribution is -2.48. The van der Waals surface area contributed by atoms with Gasteiger partial charge in [0, 0.05) is 24.3 Å². The number of amides is 2. The predicted octanol–water partition coefficient (Wildman–Crippen LogP) is 1.33. The van der Waals surface area contributed by atoms with E-state index >= 15 is 0 Å². The van der Waals surface area contributed by atoms with Gasteiger partial charge in [0.25, 0.3) is 0 Å². The molecule has 0 saturated carbocycles. The average molecular weight is 303 g/mol. The van der Waals surface area contributed by atoms with E-state index in [4.69, 9.17) is 0 Å². The van der Waals surface area contributed by atoms with Crippen LogP contribution in [0.3, 0.4) is 0 Å². The number of aromatic nitrogens is 5. The molecule has 118 valence electrons. The Labute approximate surface area is 128 Å². The van der Waals surface area contributed by atoms with Crippen molar-refractivity contribution < 1.29 is 4.79 Å². The van der Waals surface area contributed by atoms with Crippen molar-refractivity contribution in [3.63, 3.8) is 0 Å². The number of carbonyl (C=O) groups excluding carboxylic acids is 1. The molecule has 3 heterocycles. The maximum absolute atomic E-state index is 12.6. The smallest absolute Gasteiger partial charge is 0.318 e. The van der Waals surface area contributed by atoms with Crippen molar-refractivity contribution >= 4 is 6.03 Å². The minimum atomic E-state index is -0.0292. The van der Waals surface area contributed by atoms with Gasteiger partial charge >= 0.3 is 6.03 Å². The number of aromatic amines is 1. The number of piperidine rings is 1. The van der Waals surface area contributed by atoms with Gasteiger partial charge in [0.1, 0.15) is 12.7 Å². The number of nitrogens with zero attached hydrogens (tertiary/aromatic N) is 5. The molecule has 0 spiro atoms. The molecule has 2 aromatic heterocycles. The van der Waals surface area contributed by atoms with Crippen molar-refractivity contribution in [2.45, 2.75) is 44.8 Å². The molecule has 22 heavy (non-hydrogen) atoms. The van der Waals surface area contributed by atoms with Crippen LogP contribution in [0.4, 0.5) is 4.79 Å². The van der Waals surface area contributed by atoms with E-state index in [0.29, 0.717) is 6.54 Å². The topological polar surface area (TPSA) is 91.7 Å². The summed E-state index contributed by atoms with van der Waals surface area (Å²) in [6, 6.07) is 0.0608. The van der Waals surface area contributed by atoms with Gasteiger partial charge in [0.2, 0.25) is 0 Å². The van der Waals surface area contributed by atoms with E-state index in [1.807, 2.05) is 18.0 Å². The molecule has 2 N–H and O–H groups in total. The molecule has 1 saturated heterocycles. The lowest BCUT2D eigenvalue weighted by Gasteiger charge is -2.36. The van der Waals surface area contributed by atoms with Gasteiger partial charge in [-0.3, -0.25) is 9.78 Å². The minimum absolute atomic E-state index is 0.0128. The second-order valence-corrected chi connectivity index (χ2v) is 5.70. The highest BCUT2D eigenvalue weighted by molar-refractivity contribution is 5.75. The van der Waals surface area contributed by atoms with Gasteiger partial charge < -0.3 is 10.2 Å². The summed E-state index contributed by atoms with van der Waals surface area (Å²) in [6.07, 6.45) is 9.97. The molecule has 3 rings (SSSR count). The molecular formula is C14H21N7O. The largest absolute Gasteiger partial charge is 0.334 e. The maximum Gasteiger partial charge on any atom is 0.318 e. The third-order valence-electron chi connectivity index (χ3n) is 3.97. The number of hydrogen-bond acceptors (Lipinski definition) is 4. The Hall–Kier alpha value is -2.38. The highest BCUT2D eigenvalue weighted by Gasteiger charge is 2.29.